The molecule has 0 spiro atoms. The van der Waals surface area contributed by atoms with Crippen LogP contribution in [0.2, 0.25) is 0 Å². The van der Waals surface area contributed by atoms with Crippen molar-refractivity contribution in [2.24, 2.45) is 5.92 Å². The summed E-state index contributed by atoms with van der Waals surface area (Å²) < 4.78 is 5.85. The molecule has 3 rings (SSSR count). The minimum atomic E-state index is 0.125. The smallest absolute Gasteiger partial charge is 0.220 e. The predicted molar refractivity (Wildman–Crippen MR) is 114 cm³/mol. The Morgan fingerprint density at radius 2 is 1.86 bits per heavy atom. The van der Waals surface area contributed by atoms with Crippen molar-refractivity contribution in [2.45, 2.75) is 33.1 Å². The average Bonchev–Trinajstić information content (AvgIpc) is 2.72. The second-order valence-electron chi connectivity index (χ2n) is 7.42. The predicted octanol–water partition coefficient (Wildman–Crippen LogP) is 5.22. The summed E-state index contributed by atoms with van der Waals surface area (Å²) in [6.07, 6.45) is 2.25. The molecule has 0 aliphatic heterocycles. The molecule has 3 aromatic rings. The number of benzene rings is 2. The van der Waals surface area contributed by atoms with Gasteiger partial charge in [0.15, 0.2) is 0 Å². The van der Waals surface area contributed by atoms with E-state index in [-0.39, 0.29) is 5.91 Å². The summed E-state index contributed by atoms with van der Waals surface area (Å²) in [5.41, 5.74) is 3.04. The van der Waals surface area contributed by atoms with E-state index < -0.39 is 0 Å². The zero-order valence-corrected chi connectivity index (χ0v) is 16.7. The van der Waals surface area contributed by atoms with Gasteiger partial charge in [0.05, 0.1) is 17.8 Å². The van der Waals surface area contributed by atoms with Gasteiger partial charge in [0.1, 0.15) is 5.75 Å². The minimum Gasteiger partial charge on any atom is -0.494 e. The van der Waals surface area contributed by atoms with Crippen molar-refractivity contribution in [2.75, 3.05) is 13.2 Å². The van der Waals surface area contributed by atoms with E-state index in [0.29, 0.717) is 18.9 Å². The van der Waals surface area contributed by atoms with Crippen molar-refractivity contribution in [1.82, 2.24) is 10.3 Å². The van der Waals surface area contributed by atoms with Gasteiger partial charge in [-0.25, -0.2) is 4.98 Å². The normalized spacial score (nSPS) is 11.0. The maximum atomic E-state index is 11.7. The second-order valence-corrected chi connectivity index (χ2v) is 7.42. The number of nitrogens with zero attached hydrogens (tertiary/aromatic N) is 1. The van der Waals surface area contributed by atoms with Gasteiger partial charge in [0.25, 0.3) is 0 Å². The van der Waals surface area contributed by atoms with Crippen LogP contribution in [0.25, 0.3) is 22.2 Å². The maximum Gasteiger partial charge on any atom is 0.220 e. The molecule has 0 radical (unpaired) electrons. The Morgan fingerprint density at radius 1 is 1.04 bits per heavy atom. The number of aromatic nitrogens is 1. The number of unbranched alkanes of at least 4 members (excludes halogenated alkanes) is 1. The Balaban J connectivity index is 1.49. The number of hydrogen-bond donors (Lipinski definition) is 1. The third-order valence-corrected chi connectivity index (χ3v) is 4.50. The van der Waals surface area contributed by atoms with Crippen LogP contribution in [0, 0.1) is 5.92 Å². The standard InChI is InChI=1S/C24H28N2O2/c1-18(2)17-25-24(27)10-6-7-15-28-21-12-14-23-20(16-21)11-13-22(26-23)19-8-4-3-5-9-19/h3-5,8-9,11-14,16,18H,6-7,10,15,17H2,1-2H3,(H,25,27). The lowest BCUT2D eigenvalue weighted by Gasteiger charge is -2.09. The highest BCUT2D eigenvalue weighted by molar-refractivity contribution is 5.82. The van der Waals surface area contributed by atoms with Crippen LogP contribution in [-0.2, 0) is 4.79 Å². The van der Waals surface area contributed by atoms with Gasteiger partial charge in [0.2, 0.25) is 5.91 Å². The maximum absolute atomic E-state index is 11.7. The summed E-state index contributed by atoms with van der Waals surface area (Å²) in [6, 6.07) is 20.3. The minimum absolute atomic E-state index is 0.125. The monoisotopic (exact) mass is 376 g/mol. The van der Waals surface area contributed by atoms with Gasteiger partial charge in [-0.15, -0.1) is 0 Å². The SMILES string of the molecule is CC(C)CNC(=O)CCCCOc1ccc2nc(-c3ccccc3)ccc2c1. The molecule has 0 unspecified atom stereocenters. The van der Waals surface area contributed by atoms with Crippen molar-refractivity contribution in [3.05, 3.63) is 60.7 Å². The summed E-state index contributed by atoms with van der Waals surface area (Å²) in [5, 5.41) is 4.00. The first kappa shape index (κ1) is 19.9. The Bertz CT molecular complexity index is 907. The Labute approximate surface area is 166 Å². The molecular weight excluding hydrogens is 348 g/mol. The number of amides is 1. The van der Waals surface area contributed by atoms with Gasteiger partial charge in [-0.3, -0.25) is 4.79 Å². The number of rotatable bonds is 9. The van der Waals surface area contributed by atoms with Crippen molar-refractivity contribution in [3.8, 4) is 17.0 Å². The van der Waals surface area contributed by atoms with Gasteiger partial charge in [-0.05, 0) is 43.0 Å². The average molecular weight is 376 g/mol. The lowest BCUT2D eigenvalue weighted by Crippen LogP contribution is -2.27. The number of nitrogens with one attached hydrogen (secondary N) is 1. The van der Waals surface area contributed by atoms with E-state index in [1.54, 1.807) is 0 Å². The van der Waals surface area contributed by atoms with Crippen LogP contribution in [0.3, 0.4) is 0 Å². The number of carbonyl (C=O) groups excluding carboxylic acids is 1. The van der Waals surface area contributed by atoms with Crippen molar-refractivity contribution < 1.29 is 9.53 Å². The second kappa shape index (κ2) is 9.88. The van der Waals surface area contributed by atoms with Crippen molar-refractivity contribution in [1.29, 1.82) is 0 Å². The molecule has 4 nitrogen and oxygen atoms in total. The number of carbonyl (C=O) groups is 1. The van der Waals surface area contributed by atoms with Crippen LogP contribution < -0.4 is 10.1 Å². The topological polar surface area (TPSA) is 51.2 Å². The van der Waals surface area contributed by atoms with Gasteiger partial charge >= 0.3 is 0 Å². The molecule has 1 N–H and O–H groups in total. The Morgan fingerprint density at radius 3 is 2.64 bits per heavy atom. The summed E-state index contributed by atoms with van der Waals surface area (Å²) in [7, 11) is 0. The first-order valence-corrected chi connectivity index (χ1v) is 9.97. The fraction of sp³-hybridized carbons (Fsp3) is 0.333. The van der Waals surface area contributed by atoms with Crippen LogP contribution in [0.5, 0.6) is 5.75 Å². The van der Waals surface area contributed by atoms with E-state index in [1.165, 1.54) is 0 Å². The van der Waals surface area contributed by atoms with E-state index >= 15 is 0 Å². The van der Waals surface area contributed by atoms with Crippen molar-refractivity contribution in [3.63, 3.8) is 0 Å². The zero-order chi connectivity index (χ0) is 19.8. The molecule has 0 atom stereocenters. The van der Waals surface area contributed by atoms with E-state index in [9.17, 15) is 4.79 Å². The first-order valence-electron chi connectivity index (χ1n) is 9.97. The Hall–Kier alpha value is -2.88. The molecule has 1 amide bonds. The molecule has 0 saturated heterocycles. The highest BCUT2D eigenvalue weighted by Gasteiger charge is 2.04. The van der Waals surface area contributed by atoms with Crippen LogP contribution in [0.1, 0.15) is 33.1 Å². The van der Waals surface area contributed by atoms with E-state index in [1.807, 2.05) is 42.5 Å². The molecule has 0 fully saturated rings. The summed E-state index contributed by atoms with van der Waals surface area (Å²) >= 11 is 0. The fourth-order valence-corrected chi connectivity index (χ4v) is 2.95. The first-order chi connectivity index (χ1) is 13.6. The van der Waals surface area contributed by atoms with Crippen LogP contribution in [-0.4, -0.2) is 24.0 Å². The molecule has 2 aromatic carbocycles. The molecule has 0 aliphatic carbocycles. The Kier molecular flexibility index (Phi) is 7.01. The van der Waals surface area contributed by atoms with E-state index in [0.717, 1.165) is 47.3 Å². The quantitative estimate of drug-likeness (QED) is 0.521. The van der Waals surface area contributed by atoms with Gasteiger partial charge in [-0.1, -0.05) is 50.2 Å². The molecule has 4 heteroatoms. The van der Waals surface area contributed by atoms with E-state index in [4.69, 9.17) is 9.72 Å². The molecule has 146 valence electrons. The molecule has 0 bridgehead atoms. The summed E-state index contributed by atoms with van der Waals surface area (Å²) in [4.78, 5) is 16.4. The number of ether oxygens (including phenoxy) is 1. The van der Waals surface area contributed by atoms with E-state index in [2.05, 4.69) is 37.4 Å². The highest BCUT2D eigenvalue weighted by Crippen LogP contribution is 2.24. The van der Waals surface area contributed by atoms with Crippen molar-refractivity contribution >= 4 is 16.8 Å². The van der Waals surface area contributed by atoms with Crippen LogP contribution in [0.15, 0.2) is 60.7 Å². The number of fused-ring (bicyclic) bond motifs is 1. The summed E-state index contributed by atoms with van der Waals surface area (Å²) in [6.45, 7) is 5.54. The lowest BCUT2D eigenvalue weighted by molar-refractivity contribution is -0.121. The highest BCUT2D eigenvalue weighted by atomic mass is 16.5. The fourth-order valence-electron chi connectivity index (χ4n) is 2.95. The number of hydrogen-bond acceptors (Lipinski definition) is 3. The molecular formula is C24H28N2O2. The summed E-state index contributed by atoms with van der Waals surface area (Å²) in [5.74, 6) is 1.45. The van der Waals surface area contributed by atoms with Crippen LogP contribution in [0.4, 0.5) is 0 Å². The largest absolute Gasteiger partial charge is 0.494 e. The molecule has 28 heavy (non-hydrogen) atoms. The third-order valence-electron chi connectivity index (χ3n) is 4.50. The van der Waals surface area contributed by atoms with Gasteiger partial charge < -0.3 is 10.1 Å². The molecule has 0 saturated carbocycles. The van der Waals surface area contributed by atoms with Gasteiger partial charge in [-0.2, -0.15) is 0 Å². The number of pyridine rings is 1. The van der Waals surface area contributed by atoms with Gasteiger partial charge in [0, 0.05) is 23.9 Å². The zero-order valence-electron chi connectivity index (χ0n) is 16.7. The molecule has 1 aromatic heterocycles. The van der Waals surface area contributed by atoms with Crippen LogP contribution >= 0.6 is 0 Å². The lowest BCUT2D eigenvalue weighted by atomic mass is 10.1. The molecule has 0 aliphatic rings. The molecule has 1 heterocycles. The third kappa shape index (κ3) is 5.81.